The number of aromatic nitrogens is 2. The van der Waals surface area contributed by atoms with E-state index in [9.17, 15) is 0 Å². The number of hydrogen-bond donors (Lipinski definition) is 1. The Balaban J connectivity index is 1.94. The molecular formula is C12H21N3O. The van der Waals surface area contributed by atoms with Gasteiger partial charge in [-0.25, -0.2) is 0 Å². The Morgan fingerprint density at radius 1 is 1.69 bits per heavy atom. The quantitative estimate of drug-likeness (QED) is 0.827. The third-order valence-corrected chi connectivity index (χ3v) is 3.35. The summed E-state index contributed by atoms with van der Waals surface area (Å²) < 4.78 is 7.41. The lowest BCUT2D eigenvalue weighted by molar-refractivity contribution is 0.0405. The van der Waals surface area contributed by atoms with E-state index in [1.165, 1.54) is 18.4 Å². The van der Waals surface area contributed by atoms with Gasteiger partial charge >= 0.3 is 0 Å². The van der Waals surface area contributed by atoms with Crippen molar-refractivity contribution in [1.29, 1.82) is 0 Å². The molecule has 1 aliphatic rings. The minimum atomic E-state index is 0.504. The molecule has 4 heteroatoms. The fourth-order valence-electron chi connectivity index (χ4n) is 2.42. The van der Waals surface area contributed by atoms with Gasteiger partial charge in [0.25, 0.3) is 0 Å². The van der Waals surface area contributed by atoms with Crippen LogP contribution < -0.4 is 5.32 Å². The van der Waals surface area contributed by atoms with Gasteiger partial charge in [0, 0.05) is 25.9 Å². The first kappa shape index (κ1) is 11.6. The summed E-state index contributed by atoms with van der Waals surface area (Å²) >= 11 is 0. The van der Waals surface area contributed by atoms with E-state index in [0.29, 0.717) is 12.0 Å². The number of nitrogens with one attached hydrogen (secondary N) is 1. The minimum Gasteiger partial charge on any atom is -0.381 e. The molecule has 90 valence electrons. The predicted octanol–water partition coefficient (Wildman–Crippen LogP) is 0.977. The average Bonchev–Trinajstić information content (AvgIpc) is 2.73. The summed E-state index contributed by atoms with van der Waals surface area (Å²) in [4.78, 5) is 0. The van der Waals surface area contributed by atoms with E-state index in [4.69, 9.17) is 4.74 Å². The maximum atomic E-state index is 5.55. The molecule has 4 nitrogen and oxygen atoms in total. The van der Waals surface area contributed by atoms with Crippen molar-refractivity contribution in [3.8, 4) is 0 Å². The molecule has 0 aliphatic carbocycles. The molecule has 0 saturated carbocycles. The molecule has 1 aliphatic heterocycles. The third kappa shape index (κ3) is 2.83. The fraction of sp³-hybridized carbons (Fsp3) is 0.750. The van der Waals surface area contributed by atoms with Crippen molar-refractivity contribution in [3.63, 3.8) is 0 Å². The molecule has 2 rings (SSSR count). The zero-order valence-electron chi connectivity index (χ0n) is 10.1. The molecule has 0 aromatic carbocycles. The molecule has 0 bridgehead atoms. The Bertz CT molecular complexity index is 318. The van der Waals surface area contributed by atoms with E-state index in [1.807, 2.05) is 25.0 Å². The van der Waals surface area contributed by atoms with Crippen LogP contribution in [0.5, 0.6) is 0 Å². The first-order chi connectivity index (χ1) is 7.79. The number of likely N-dealkylation sites (N-methyl/N-ethyl adjacent to an activating group) is 1. The van der Waals surface area contributed by atoms with E-state index in [0.717, 1.165) is 19.6 Å². The van der Waals surface area contributed by atoms with Crippen molar-refractivity contribution >= 4 is 0 Å². The van der Waals surface area contributed by atoms with E-state index in [2.05, 4.69) is 16.6 Å². The second-order valence-corrected chi connectivity index (χ2v) is 4.60. The average molecular weight is 223 g/mol. The highest BCUT2D eigenvalue weighted by molar-refractivity contribution is 5.06. The van der Waals surface area contributed by atoms with Gasteiger partial charge in [-0.2, -0.15) is 5.10 Å². The van der Waals surface area contributed by atoms with Gasteiger partial charge in [0.05, 0.1) is 12.8 Å². The van der Waals surface area contributed by atoms with E-state index < -0.39 is 0 Å². The van der Waals surface area contributed by atoms with Crippen LogP contribution in [0.3, 0.4) is 0 Å². The van der Waals surface area contributed by atoms with Crippen LogP contribution in [0.15, 0.2) is 12.4 Å². The van der Waals surface area contributed by atoms with Crippen molar-refractivity contribution in [2.24, 2.45) is 13.0 Å². The predicted molar refractivity (Wildman–Crippen MR) is 63.3 cm³/mol. The Labute approximate surface area is 97.0 Å². The van der Waals surface area contributed by atoms with Gasteiger partial charge in [-0.1, -0.05) is 0 Å². The van der Waals surface area contributed by atoms with Crippen LogP contribution >= 0.6 is 0 Å². The maximum absolute atomic E-state index is 5.55. The Hall–Kier alpha value is -0.870. The van der Waals surface area contributed by atoms with Crippen molar-refractivity contribution in [3.05, 3.63) is 18.0 Å². The molecule has 2 unspecified atom stereocenters. The summed E-state index contributed by atoms with van der Waals surface area (Å²) in [5.74, 6) is 0.638. The molecule has 2 heterocycles. The summed E-state index contributed by atoms with van der Waals surface area (Å²) in [5.41, 5.74) is 1.30. The van der Waals surface area contributed by atoms with Crippen LogP contribution in [0, 0.1) is 5.92 Å². The summed E-state index contributed by atoms with van der Waals surface area (Å²) in [7, 11) is 4.00. The van der Waals surface area contributed by atoms with Gasteiger partial charge in [-0.15, -0.1) is 0 Å². The van der Waals surface area contributed by atoms with Crippen molar-refractivity contribution in [1.82, 2.24) is 15.1 Å². The Morgan fingerprint density at radius 2 is 2.56 bits per heavy atom. The highest BCUT2D eigenvalue weighted by Gasteiger charge is 2.23. The number of rotatable bonds is 4. The summed E-state index contributed by atoms with van der Waals surface area (Å²) in [6, 6.07) is 0.504. The summed E-state index contributed by atoms with van der Waals surface area (Å²) in [5, 5.41) is 7.62. The van der Waals surface area contributed by atoms with Crippen LogP contribution in [0.1, 0.15) is 18.4 Å². The molecule has 2 atom stereocenters. The first-order valence-electron chi connectivity index (χ1n) is 6.02. The number of aryl methyl sites for hydroxylation is 1. The lowest BCUT2D eigenvalue weighted by atomic mass is 9.90. The van der Waals surface area contributed by atoms with E-state index >= 15 is 0 Å². The molecule has 0 spiro atoms. The maximum Gasteiger partial charge on any atom is 0.0522 e. The molecule has 0 amide bonds. The molecule has 16 heavy (non-hydrogen) atoms. The second-order valence-electron chi connectivity index (χ2n) is 4.60. The lowest BCUT2D eigenvalue weighted by Crippen LogP contribution is -2.39. The molecule has 1 saturated heterocycles. The molecule has 1 fully saturated rings. The van der Waals surface area contributed by atoms with Gasteiger partial charge in [0.1, 0.15) is 0 Å². The van der Waals surface area contributed by atoms with Crippen LogP contribution in [0.2, 0.25) is 0 Å². The summed E-state index contributed by atoms with van der Waals surface area (Å²) in [6.45, 7) is 1.82. The van der Waals surface area contributed by atoms with E-state index in [-0.39, 0.29) is 0 Å². The molecule has 1 aromatic heterocycles. The van der Waals surface area contributed by atoms with Gasteiger partial charge in [0.15, 0.2) is 0 Å². The van der Waals surface area contributed by atoms with Crippen molar-refractivity contribution in [2.75, 3.05) is 20.3 Å². The monoisotopic (exact) mass is 223 g/mol. The van der Waals surface area contributed by atoms with Gasteiger partial charge in [-0.3, -0.25) is 4.68 Å². The normalized spacial score (nSPS) is 23.2. The largest absolute Gasteiger partial charge is 0.381 e. The lowest BCUT2D eigenvalue weighted by Gasteiger charge is -2.29. The van der Waals surface area contributed by atoms with Gasteiger partial charge in [-0.05, 0) is 37.8 Å². The number of hydrogen-bond acceptors (Lipinski definition) is 3. The Morgan fingerprint density at radius 3 is 3.12 bits per heavy atom. The second kappa shape index (κ2) is 5.46. The summed E-state index contributed by atoms with van der Waals surface area (Å²) in [6.07, 6.45) is 7.54. The van der Waals surface area contributed by atoms with Gasteiger partial charge in [0.2, 0.25) is 0 Å². The highest BCUT2D eigenvalue weighted by Crippen LogP contribution is 2.19. The van der Waals surface area contributed by atoms with E-state index in [1.54, 1.807) is 0 Å². The van der Waals surface area contributed by atoms with Crippen LogP contribution in [0.25, 0.3) is 0 Å². The Kier molecular flexibility index (Phi) is 3.96. The van der Waals surface area contributed by atoms with Crippen molar-refractivity contribution < 1.29 is 4.74 Å². The van der Waals surface area contributed by atoms with Gasteiger partial charge < -0.3 is 10.1 Å². The van der Waals surface area contributed by atoms with Crippen LogP contribution in [0.4, 0.5) is 0 Å². The molecule has 0 radical (unpaired) electrons. The smallest absolute Gasteiger partial charge is 0.0522 e. The number of nitrogens with zero attached hydrogens (tertiary/aromatic N) is 2. The number of ether oxygens (including phenoxy) is 1. The SMILES string of the molecule is CNC(Cc1cnn(C)c1)C1CCCOC1. The highest BCUT2D eigenvalue weighted by atomic mass is 16.5. The van der Waals surface area contributed by atoms with Crippen LogP contribution in [-0.4, -0.2) is 36.1 Å². The molecule has 1 N–H and O–H groups in total. The van der Waals surface area contributed by atoms with Crippen LogP contribution in [-0.2, 0) is 18.2 Å². The fourth-order valence-corrected chi connectivity index (χ4v) is 2.42. The molecule has 1 aromatic rings. The standard InChI is InChI=1S/C12H21N3O/c1-13-12(11-4-3-5-16-9-11)6-10-7-14-15(2)8-10/h7-8,11-13H,3-6,9H2,1-2H3. The zero-order chi connectivity index (χ0) is 11.4. The zero-order valence-corrected chi connectivity index (χ0v) is 10.1. The first-order valence-corrected chi connectivity index (χ1v) is 6.02. The molecular weight excluding hydrogens is 202 g/mol. The third-order valence-electron chi connectivity index (χ3n) is 3.35. The topological polar surface area (TPSA) is 39.1 Å². The van der Waals surface area contributed by atoms with Crippen molar-refractivity contribution in [2.45, 2.75) is 25.3 Å². The minimum absolute atomic E-state index is 0.504.